The third kappa shape index (κ3) is 3.28. The molecule has 13 heavy (non-hydrogen) atoms. The number of hydrogen-bond acceptors (Lipinski definition) is 2. The van der Waals surface area contributed by atoms with Gasteiger partial charge in [0.15, 0.2) is 6.29 Å². The Bertz CT molecular complexity index is 137. The summed E-state index contributed by atoms with van der Waals surface area (Å²) < 4.78 is 11.3. The standard InChI is InChI=1S/C11H22O2/c1-4-6-10-12-8-11(3,7-5-2)9-13-10/h10H,4-9H2,1-3H3. The van der Waals surface area contributed by atoms with Crippen LogP contribution in [-0.2, 0) is 9.47 Å². The largest absolute Gasteiger partial charge is 0.352 e. The lowest BCUT2D eigenvalue weighted by Gasteiger charge is -2.37. The lowest BCUT2D eigenvalue weighted by atomic mass is 9.87. The number of ether oxygens (including phenoxy) is 2. The van der Waals surface area contributed by atoms with Gasteiger partial charge in [0.1, 0.15) is 0 Å². The highest BCUT2D eigenvalue weighted by molar-refractivity contribution is 4.76. The first-order valence-electron chi connectivity index (χ1n) is 5.43. The third-order valence-corrected chi connectivity index (χ3v) is 2.61. The molecule has 1 aliphatic heterocycles. The minimum Gasteiger partial charge on any atom is -0.352 e. The van der Waals surface area contributed by atoms with Crippen LogP contribution >= 0.6 is 0 Å². The van der Waals surface area contributed by atoms with Crippen molar-refractivity contribution in [1.29, 1.82) is 0 Å². The van der Waals surface area contributed by atoms with Gasteiger partial charge in [0.25, 0.3) is 0 Å². The van der Waals surface area contributed by atoms with E-state index in [-0.39, 0.29) is 11.7 Å². The predicted octanol–water partition coefficient (Wildman–Crippen LogP) is 2.97. The molecule has 1 saturated heterocycles. The van der Waals surface area contributed by atoms with Crippen LogP contribution in [0.2, 0.25) is 0 Å². The summed E-state index contributed by atoms with van der Waals surface area (Å²) in [6.45, 7) is 8.35. The van der Waals surface area contributed by atoms with Crippen molar-refractivity contribution in [1.82, 2.24) is 0 Å². The smallest absolute Gasteiger partial charge is 0.157 e. The van der Waals surface area contributed by atoms with Crippen molar-refractivity contribution in [3.8, 4) is 0 Å². The summed E-state index contributed by atoms with van der Waals surface area (Å²) in [5.41, 5.74) is 0.263. The Balaban J connectivity index is 2.28. The fraction of sp³-hybridized carbons (Fsp3) is 1.00. The predicted molar refractivity (Wildman–Crippen MR) is 53.6 cm³/mol. The van der Waals surface area contributed by atoms with Crippen molar-refractivity contribution in [2.75, 3.05) is 13.2 Å². The van der Waals surface area contributed by atoms with Gasteiger partial charge in [0.2, 0.25) is 0 Å². The van der Waals surface area contributed by atoms with E-state index in [2.05, 4.69) is 20.8 Å². The second-order valence-electron chi connectivity index (χ2n) is 4.40. The molecule has 0 unspecified atom stereocenters. The molecule has 1 heterocycles. The molecule has 0 aliphatic carbocycles. The maximum Gasteiger partial charge on any atom is 0.157 e. The molecular formula is C11H22O2. The van der Waals surface area contributed by atoms with Gasteiger partial charge in [-0.1, -0.05) is 33.6 Å². The van der Waals surface area contributed by atoms with Crippen molar-refractivity contribution in [3.05, 3.63) is 0 Å². The first-order chi connectivity index (χ1) is 6.20. The summed E-state index contributed by atoms with van der Waals surface area (Å²) in [6, 6.07) is 0. The topological polar surface area (TPSA) is 18.5 Å². The summed E-state index contributed by atoms with van der Waals surface area (Å²) in [5, 5.41) is 0. The van der Waals surface area contributed by atoms with Crippen LogP contribution in [0.4, 0.5) is 0 Å². The van der Waals surface area contributed by atoms with Crippen LogP contribution in [0.25, 0.3) is 0 Å². The third-order valence-electron chi connectivity index (χ3n) is 2.61. The Morgan fingerprint density at radius 1 is 1.15 bits per heavy atom. The van der Waals surface area contributed by atoms with Crippen LogP contribution in [0, 0.1) is 5.41 Å². The van der Waals surface area contributed by atoms with E-state index >= 15 is 0 Å². The lowest BCUT2D eigenvalue weighted by Crippen LogP contribution is -2.39. The van der Waals surface area contributed by atoms with Gasteiger partial charge in [-0.05, 0) is 12.8 Å². The molecule has 0 aromatic heterocycles. The van der Waals surface area contributed by atoms with Crippen LogP contribution in [0.1, 0.15) is 46.5 Å². The van der Waals surface area contributed by atoms with Crippen LogP contribution in [0.15, 0.2) is 0 Å². The van der Waals surface area contributed by atoms with Gasteiger partial charge in [-0.15, -0.1) is 0 Å². The van der Waals surface area contributed by atoms with Crippen LogP contribution in [0.5, 0.6) is 0 Å². The molecule has 0 atom stereocenters. The normalized spacial score (nSPS) is 34.8. The molecule has 1 rings (SSSR count). The summed E-state index contributed by atoms with van der Waals surface area (Å²) >= 11 is 0. The van der Waals surface area contributed by atoms with Crippen molar-refractivity contribution in [2.45, 2.75) is 52.7 Å². The molecule has 2 nitrogen and oxygen atoms in total. The second-order valence-corrected chi connectivity index (χ2v) is 4.40. The van der Waals surface area contributed by atoms with Crippen LogP contribution < -0.4 is 0 Å². The number of hydrogen-bond donors (Lipinski definition) is 0. The van der Waals surface area contributed by atoms with Gasteiger partial charge in [0.05, 0.1) is 13.2 Å². The monoisotopic (exact) mass is 186 g/mol. The van der Waals surface area contributed by atoms with Gasteiger partial charge in [0, 0.05) is 5.41 Å². The minimum atomic E-state index is 0.0648. The average Bonchev–Trinajstić information content (AvgIpc) is 2.10. The molecule has 0 aromatic carbocycles. The van der Waals surface area contributed by atoms with Gasteiger partial charge in [-0.3, -0.25) is 0 Å². The Morgan fingerprint density at radius 3 is 2.23 bits per heavy atom. The van der Waals surface area contributed by atoms with E-state index in [9.17, 15) is 0 Å². The fourth-order valence-corrected chi connectivity index (χ4v) is 1.83. The van der Waals surface area contributed by atoms with E-state index in [1.165, 1.54) is 12.8 Å². The van der Waals surface area contributed by atoms with E-state index < -0.39 is 0 Å². The summed E-state index contributed by atoms with van der Waals surface area (Å²) in [4.78, 5) is 0. The lowest BCUT2D eigenvalue weighted by molar-refractivity contribution is -0.229. The molecule has 0 amide bonds. The van der Waals surface area contributed by atoms with Crippen LogP contribution in [-0.4, -0.2) is 19.5 Å². The minimum absolute atomic E-state index is 0.0648. The highest BCUT2D eigenvalue weighted by Gasteiger charge is 2.31. The molecule has 1 fully saturated rings. The SMILES string of the molecule is CCCC1OCC(C)(CCC)CO1. The molecule has 0 N–H and O–H groups in total. The zero-order valence-electron chi connectivity index (χ0n) is 9.14. The molecule has 0 saturated carbocycles. The van der Waals surface area contributed by atoms with Crippen LogP contribution in [0.3, 0.4) is 0 Å². The molecule has 1 aliphatic rings. The summed E-state index contributed by atoms with van der Waals surface area (Å²) in [6.07, 6.45) is 4.64. The van der Waals surface area contributed by atoms with E-state index in [0.29, 0.717) is 0 Å². The molecule has 78 valence electrons. The van der Waals surface area contributed by atoms with Crippen molar-refractivity contribution < 1.29 is 9.47 Å². The van der Waals surface area contributed by atoms with Gasteiger partial charge < -0.3 is 9.47 Å². The maximum absolute atomic E-state index is 5.66. The van der Waals surface area contributed by atoms with Crippen molar-refractivity contribution in [3.63, 3.8) is 0 Å². The molecule has 2 heteroatoms. The Hall–Kier alpha value is -0.0800. The second kappa shape index (κ2) is 4.97. The molecule has 0 spiro atoms. The first-order valence-corrected chi connectivity index (χ1v) is 5.43. The first kappa shape index (κ1) is 11.0. The van der Waals surface area contributed by atoms with Crippen molar-refractivity contribution in [2.24, 2.45) is 5.41 Å². The Labute approximate surface area is 81.6 Å². The Morgan fingerprint density at radius 2 is 1.77 bits per heavy atom. The highest BCUT2D eigenvalue weighted by Crippen LogP contribution is 2.29. The summed E-state index contributed by atoms with van der Waals surface area (Å²) in [7, 11) is 0. The van der Waals surface area contributed by atoms with E-state index in [1.807, 2.05) is 0 Å². The van der Waals surface area contributed by atoms with Gasteiger partial charge in [-0.2, -0.15) is 0 Å². The zero-order valence-corrected chi connectivity index (χ0v) is 9.14. The molecule has 0 radical (unpaired) electrons. The average molecular weight is 186 g/mol. The quantitative estimate of drug-likeness (QED) is 0.672. The highest BCUT2D eigenvalue weighted by atomic mass is 16.7. The van der Waals surface area contributed by atoms with E-state index in [0.717, 1.165) is 26.1 Å². The number of rotatable bonds is 4. The maximum atomic E-state index is 5.66. The molecular weight excluding hydrogens is 164 g/mol. The van der Waals surface area contributed by atoms with Crippen molar-refractivity contribution >= 4 is 0 Å². The summed E-state index contributed by atoms with van der Waals surface area (Å²) in [5.74, 6) is 0. The Kier molecular flexibility index (Phi) is 4.20. The van der Waals surface area contributed by atoms with E-state index in [1.54, 1.807) is 0 Å². The van der Waals surface area contributed by atoms with Gasteiger partial charge >= 0.3 is 0 Å². The van der Waals surface area contributed by atoms with Gasteiger partial charge in [-0.25, -0.2) is 0 Å². The molecule has 0 aromatic rings. The zero-order chi connectivity index (χ0) is 9.73. The molecule has 0 bridgehead atoms. The van der Waals surface area contributed by atoms with E-state index in [4.69, 9.17) is 9.47 Å². The fourth-order valence-electron chi connectivity index (χ4n) is 1.83.